The molecule has 1 heterocycles. The van der Waals surface area contributed by atoms with Gasteiger partial charge in [0.1, 0.15) is 10.7 Å². The van der Waals surface area contributed by atoms with Crippen LogP contribution in [-0.4, -0.2) is 29.6 Å². The Morgan fingerprint density at radius 2 is 1.91 bits per heavy atom. The van der Waals surface area contributed by atoms with Gasteiger partial charge in [0.05, 0.1) is 25.4 Å². The summed E-state index contributed by atoms with van der Waals surface area (Å²) >= 11 is 1.38. The van der Waals surface area contributed by atoms with Crippen LogP contribution in [0.15, 0.2) is 36.4 Å². The van der Waals surface area contributed by atoms with E-state index in [-0.39, 0.29) is 29.7 Å². The Kier molecular flexibility index (Phi) is 9.65. The molecule has 0 radical (unpaired) electrons. The van der Waals surface area contributed by atoms with E-state index in [2.05, 4.69) is 6.92 Å². The van der Waals surface area contributed by atoms with Crippen LogP contribution in [0, 0.1) is 5.92 Å². The number of aliphatic hydroxyl groups excluding tert-OH is 1. The highest BCUT2D eigenvalue weighted by Gasteiger charge is 2.35. The molecule has 0 saturated heterocycles. The Labute approximate surface area is 201 Å². The SMILES string of the molecule is CCCCC[C@@H](O)c1ccc(C2C(=O)CC[C@@H]2COCc2ccc(C(=O)OC(C)C)s2)cc1. The lowest BCUT2D eigenvalue weighted by atomic mass is 9.88. The summed E-state index contributed by atoms with van der Waals surface area (Å²) in [5, 5.41) is 10.4. The first-order chi connectivity index (χ1) is 15.9. The average molecular weight is 473 g/mol. The van der Waals surface area contributed by atoms with Crippen LogP contribution in [0.25, 0.3) is 0 Å². The first-order valence-electron chi connectivity index (χ1n) is 12.1. The molecule has 1 N–H and O–H groups in total. The van der Waals surface area contributed by atoms with Crippen LogP contribution < -0.4 is 0 Å². The minimum Gasteiger partial charge on any atom is -0.459 e. The molecule has 6 heteroatoms. The minimum absolute atomic E-state index is 0.142. The lowest BCUT2D eigenvalue weighted by Crippen LogP contribution is -2.17. The fraction of sp³-hybridized carbons (Fsp3) is 0.556. The number of unbranched alkanes of at least 4 members (excludes halogenated alkanes) is 2. The average Bonchev–Trinajstić information content (AvgIpc) is 3.40. The molecule has 1 unspecified atom stereocenters. The quantitative estimate of drug-likeness (QED) is 0.294. The lowest BCUT2D eigenvalue weighted by molar-refractivity contribution is -0.119. The maximum absolute atomic E-state index is 12.6. The standard InChI is InChI=1S/C27H36O5S/c1-4-5-6-7-23(28)19-8-10-20(11-9-19)26-21(12-14-24(26)29)16-31-17-22-13-15-25(33-22)27(30)32-18(2)3/h8-11,13,15,18,21,23,26,28H,4-7,12,14,16-17H2,1-3H3/t21-,23-,26?/m1/s1. The smallest absolute Gasteiger partial charge is 0.348 e. The summed E-state index contributed by atoms with van der Waals surface area (Å²) in [5.41, 5.74) is 1.92. The number of hydrogen-bond donors (Lipinski definition) is 1. The van der Waals surface area contributed by atoms with E-state index in [1.165, 1.54) is 11.3 Å². The number of carbonyl (C=O) groups is 2. The number of benzene rings is 1. The van der Waals surface area contributed by atoms with E-state index < -0.39 is 6.10 Å². The maximum Gasteiger partial charge on any atom is 0.348 e. The second kappa shape index (κ2) is 12.4. The molecule has 0 bridgehead atoms. The Balaban J connectivity index is 1.54. The van der Waals surface area contributed by atoms with E-state index in [4.69, 9.17) is 9.47 Å². The number of esters is 1. The molecular weight excluding hydrogens is 436 g/mol. The Hall–Kier alpha value is -2.02. The van der Waals surface area contributed by atoms with Gasteiger partial charge in [0.25, 0.3) is 0 Å². The van der Waals surface area contributed by atoms with E-state index in [1.807, 2.05) is 44.2 Å². The van der Waals surface area contributed by atoms with Crippen LogP contribution in [0.5, 0.6) is 0 Å². The van der Waals surface area contributed by atoms with E-state index >= 15 is 0 Å². The van der Waals surface area contributed by atoms with Gasteiger partial charge in [-0.25, -0.2) is 4.79 Å². The van der Waals surface area contributed by atoms with E-state index in [0.29, 0.717) is 24.5 Å². The summed E-state index contributed by atoms with van der Waals surface area (Å²) in [6, 6.07) is 11.6. The van der Waals surface area contributed by atoms with Gasteiger partial charge in [-0.1, -0.05) is 50.5 Å². The van der Waals surface area contributed by atoms with Gasteiger partial charge >= 0.3 is 5.97 Å². The summed E-state index contributed by atoms with van der Waals surface area (Å²) in [4.78, 5) is 26.2. The molecule has 2 aromatic rings. The third kappa shape index (κ3) is 7.23. The van der Waals surface area contributed by atoms with Crippen molar-refractivity contribution in [3.63, 3.8) is 0 Å². The second-order valence-corrected chi connectivity index (χ2v) is 10.3. The van der Waals surface area contributed by atoms with Crippen molar-refractivity contribution in [1.82, 2.24) is 0 Å². The van der Waals surface area contributed by atoms with Crippen molar-refractivity contribution in [3.8, 4) is 0 Å². The summed E-state index contributed by atoms with van der Waals surface area (Å²) in [6.07, 6.45) is 4.85. The third-order valence-electron chi connectivity index (χ3n) is 6.12. The highest BCUT2D eigenvalue weighted by Crippen LogP contribution is 2.38. The molecule has 1 fully saturated rings. The molecule has 1 aromatic heterocycles. The molecule has 0 aliphatic heterocycles. The second-order valence-electron chi connectivity index (χ2n) is 9.16. The highest BCUT2D eigenvalue weighted by molar-refractivity contribution is 7.13. The summed E-state index contributed by atoms with van der Waals surface area (Å²) < 4.78 is 11.2. The first-order valence-corrected chi connectivity index (χ1v) is 12.9. The zero-order valence-corrected chi connectivity index (χ0v) is 20.7. The molecule has 3 atom stereocenters. The molecular formula is C27H36O5S. The van der Waals surface area contributed by atoms with Crippen LogP contribution in [0.2, 0.25) is 0 Å². The number of hydrogen-bond acceptors (Lipinski definition) is 6. The van der Waals surface area contributed by atoms with Gasteiger partial charge in [-0.15, -0.1) is 11.3 Å². The Morgan fingerprint density at radius 3 is 2.61 bits per heavy atom. The van der Waals surface area contributed by atoms with Crippen molar-refractivity contribution < 1.29 is 24.2 Å². The fourth-order valence-electron chi connectivity index (χ4n) is 4.38. The number of rotatable bonds is 12. The van der Waals surface area contributed by atoms with Crippen molar-refractivity contribution in [2.45, 2.75) is 84.0 Å². The normalized spacial score (nSPS) is 19.2. The number of aliphatic hydroxyl groups is 1. The number of thiophene rings is 1. The highest BCUT2D eigenvalue weighted by atomic mass is 32.1. The van der Waals surface area contributed by atoms with Gasteiger partial charge in [-0.05, 0) is 55.9 Å². The molecule has 0 spiro atoms. The number of ether oxygens (including phenoxy) is 2. The van der Waals surface area contributed by atoms with Gasteiger partial charge < -0.3 is 14.6 Å². The van der Waals surface area contributed by atoms with Crippen molar-refractivity contribution in [2.75, 3.05) is 6.61 Å². The first kappa shape index (κ1) is 25.6. The predicted molar refractivity (Wildman–Crippen MR) is 131 cm³/mol. The zero-order chi connectivity index (χ0) is 23.8. The summed E-state index contributed by atoms with van der Waals surface area (Å²) in [5.74, 6) is -0.0596. The van der Waals surface area contributed by atoms with E-state index in [9.17, 15) is 14.7 Å². The monoisotopic (exact) mass is 472 g/mol. The fourth-order valence-corrected chi connectivity index (χ4v) is 5.21. The number of carbonyl (C=O) groups excluding carboxylic acids is 2. The van der Waals surface area contributed by atoms with Gasteiger partial charge in [0.15, 0.2) is 0 Å². The number of Topliss-reactive ketones (excluding diaryl/α,β-unsaturated/α-hetero) is 1. The van der Waals surface area contributed by atoms with Crippen LogP contribution >= 0.6 is 11.3 Å². The third-order valence-corrected chi connectivity index (χ3v) is 7.16. The van der Waals surface area contributed by atoms with Crippen LogP contribution in [0.4, 0.5) is 0 Å². The summed E-state index contributed by atoms with van der Waals surface area (Å²) in [7, 11) is 0. The molecule has 1 saturated carbocycles. The summed E-state index contributed by atoms with van der Waals surface area (Å²) in [6.45, 7) is 6.74. The molecule has 33 heavy (non-hydrogen) atoms. The van der Waals surface area contributed by atoms with Crippen molar-refractivity contribution in [1.29, 1.82) is 0 Å². The van der Waals surface area contributed by atoms with Crippen LogP contribution in [-0.2, 0) is 20.9 Å². The van der Waals surface area contributed by atoms with Crippen molar-refractivity contribution in [3.05, 3.63) is 57.3 Å². The molecule has 0 amide bonds. The maximum atomic E-state index is 12.6. The molecule has 180 valence electrons. The molecule has 1 aliphatic rings. The van der Waals surface area contributed by atoms with E-state index in [1.54, 1.807) is 6.07 Å². The van der Waals surface area contributed by atoms with Gasteiger partial charge in [-0.2, -0.15) is 0 Å². The van der Waals surface area contributed by atoms with Crippen LogP contribution in [0.1, 0.15) is 97.0 Å². The molecule has 3 rings (SSSR count). The largest absolute Gasteiger partial charge is 0.459 e. The lowest BCUT2D eigenvalue weighted by Gasteiger charge is -2.20. The zero-order valence-electron chi connectivity index (χ0n) is 19.9. The van der Waals surface area contributed by atoms with Gasteiger partial charge in [0.2, 0.25) is 0 Å². The predicted octanol–water partition coefficient (Wildman–Crippen LogP) is 6.21. The number of ketones is 1. The van der Waals surface area contributed by atoms with E-state index in [0.717, 1.165) is 48.1 Å². The minimum atomic E-state index is -0.447. The molecule has 5 nitrogen and oxygen atoms in total. The Morgan fingerprint density at radius 1 is 1.15 bits per heavy atom. The molecule has 1 aliphatic carbocycles. The Bertz CT molecular complexity index is 901. The van der Waals surface area contributed by atoms with Crippen molar-refractivity contribution in [2.24, 2.45) is 5.92 Å². The van der Waals surface area contributed by atoms with Gasteiger partial charge in [-0.3, -0.25) is 4.79 Å². The van der Waals surface area contributed by atoms with Crippen LogP contribution in [0.3, 0.4) is 0 Å². The topological polar surface area (TPSA) is 72.8 Å². The van der Waals surface area contributed by atoms with Gasteiger partial charge in [0, 0.05) is 17.2 Å². The molecule has 1 aromatic carbocycles. The van der Waals surface area contributed by atoms with Crippen molar-refractivity contribution >= 4 is 23.1 Å².